The number of hydrogen-bond donors (Lipinski definition) is 0. The highest BCUT2D eigenvalue weighted by molar-refractivity contribution is 5.77. The van der Waals surface area contributed by atoms with Crippen molar-refractivity contribution in [3.63, 3.8) is 0 Å². The minimum absolute atomic E-state index is 0.108. The fraction of sp³-hybridized carbons (Fsp3) is 0.550. The van der Waals surface area contributed by atoms with Crippen molar-refractivity contribution in [3.05, 3.63) is 48.1 Å². The van der Waals surface area contributed by atoms with E-state index in [1.165, 1.54) is 0 Å². The number of nitrogens with zero attached hydrogens (tertiary/aromatic N) is 2. The van der Waals surface area contributed by atoms with Crippen LogP contribution in [0.2, 0.25) is 0 Å². The molecule has 4 saturated heterocycles. The van der Waals surface area contributed by atoms with Gasteiger partial charge < -0.3 is 4.90 Å². The van der Waals surface area contributed by atoms with Crippen molar-refractivity contribution in [2.75, 3.05) is 19.6 Å². The number of carbonyl (C=O) groups excluding carboxylic acids is 1. The lowest BCUT2D eigenvalue weighted by atomic mass is 9.75. The minimum atomic E-state index is -0.804. The second-order valence-corrected chi connectivity index (χ2v) is 7.48. The van der Waals surface area contributed by atoms with Crippen LogP contribution in [-0.2, 0) is 4.79 Å². The molecular weight excluding hydrogens is 322 g/mol. The van der Waals surface area contributed by atoms with Crippen LogP contribution in [0.1, 0.15) is 37.2 Å². The number of likely N-dealkylation sites (tertiary alicyclic amines) is 1. The lowest BCUT2D eigenvalue weighted by Crippen LogP contribution is -2.60. The first-order chi connectivity index (χ1) is 12.1. The van der Waals surface area contributed by atoms with E-state index < -0.39 is 11.6 Å². The van der Waals surface area contributed by atoms with Gasteiger partial charge in [-0.25, -0.2) is 8.78 Å². The zero-order valence-corrected chi connectivity index (χ0v) is 14.3. The highest BCUT2D eigenvalue weighted by Crippen LogP contribution is 2.47. The van der Waals surface area contributed by atoms with Crippen LogP contribution in [0.5, 0.6) is 0 Å². The quantitative estimate of drug-likeness (QED) is 0.781. The summed E-state index contributed by atoms with van der Waals surface area (Å²) in [6.45, 7) is 6.17. The van der Waals surface area contributed by atoms with Crippen LogP contribution in [-0.4, -0.2) is 47.4 Å². The van der Waals surface area contributed by atoms with E-state index in [1.807, 2.05) is 4.90 Å². The molecule has 5 rings (SSSR count). The first-order valence-corrected chi connectivity index (χ1v) is 9.20. The summed E-state index contributed by atoms with van der Waals surface area (Å²) in [4.78, 5) is 17.1. The number of benzene rings is 1. The van der Waals surface area contributed by atoms with Gasteiger partial charge in [0, 0.05) is 24.9 Å². The molecule has 4 aliphatic rings. The van der Waals surface area contributed by atoms with E-state index in [1.54, 1.807) is 18.2 Å². The smallest absolute Gasteiger partial charge is 0.223 e. The number of hydrogen-bond acceptors (Lipinski definition) is 2. The summed E-state index contributed by atoms with van der Waals surface area (Å²) in [6, 6.07) is 4.65. The van der Waals surface area contributed by atoms with E-state index in [4.69, 9.17) is 0 Å². The lowest BCUT2D eigenvalue weighted by molar-refractivity contribution is -0.135. The molecule has 0 saturated carbocycles. The lowest BCUT2D eigenvalue weighted by Gasteiger charge is -2.51. The fourth-order valence-electron chi connectivity index (χ4n) is 5.15. The third-order valence-electron chi connectivity index (χ3n) is 6.26. The molecule has 1 aromatic rings. The van der Waals surface area contributed by atoms with Crippen LogP contribution >= 0.6 is 0 Å². The molecule has 0 radical (unpaired) electrons. The number of carbonyl (C=O) groups is 1. The Morgan fingerprint density at radius 3 is 2.72 bits per heavy atom. The van der Waals surface area contributed by atoms with E-state index in [-0.39, 0.29) is 23.9 Å². The maximum atomic E-state index is 14.5. The topological polar surface area (TPSA) is 23.6 Å². The van der Waals surface area contributed by atoms with Crippen molar-refractivity contribution in [2.24, 2.45) is 5.92 Å². The van der Waals surface area contributed by atoms with Gasteiger partial charge in [-0.3, -0.25) is 9.69 Å². The Balaban J connectivity index is 1.69. The Morgan fingerprint density at radius 2 is 2.00 bits per heavy atom. The number of halogens is 2. The summed E-state index contributed by atoms with van der Waals surface area (Å²) in [6.07, 6.45) is 5.03. The maximum Gasteiger partial charge on any atom is 0.223 e. The van der Waals surface area contributed by atoms with Crippen molar-refractivity contribution in [1.82, 2.24) is 9.80 Å². The molecule has 0 spiro atoms. The third-order valence-corrected chi connectivity index (χ3v) is 6.26. The van der Waals surface area contributed by atoms with Gasteiger partial charge in [0.25, 0.3) is 0 Å². The molecule has 4 heterocycles. The predicted molar refractivity (Wildman–Crippen MR) is 92.1 cm³/mol. The highest BCUT2D eigenvalue weighted by Gasteiger charge is 2.54. The van der Waals surface area contributed by atoms with E-state index in [9.17, 15) is 13.6 Å². The van der Waals surface area contributed by atoms with Crippen molar-refractivity contribution < 1.29 is 13.6 Å². The molecule has 3 atom stereocenters. The summed E-state index contributed by atoms with van der Waals surface area (Å²) in [5.74, 6) is -1.13. The van der Waals surface area contributed by atoms with E-state index >= 15 is 0 Å². The Hall–Kier alpha value is -1.75. The van der Waals surface area contributed by atoms with Crippen LogP contribution in [0, 0.1) is 17.6 Å². The van der Waals surface area contributed by atoms with Gasteiger partial charge in [-0.05, 0) is 49.9 Å². The molecule has 2 bridgehead atoms. The van der Waals surface area contributed by atoms with Gasteiger partial charge >= 0.3 is 0 Å². The van der Waals surface area contributed by atoms with Gasteiger partial charge in [0.15, 0.2) is 11.6 Å². The summed E-state index contributed by atoms with van der Waals surface area (Å²) < 4.78 is 28.3. The number of allylic oxidation sites excluding steroid dienone is 1. The minimum Gasteiger partial charge on any atom is -0.337 e. The predicted octanol–water partition coefficient (Wildman–Crippen LogP) is 3.32. The molecule has 4 aliphatic heterocycles. The first kappa shape index (κ1) is 16.7. The Morgan fingerprint density at radius 1 is 1.24 bits per heavy atom. The van der Waals surface area contributed by atoms with Crippen LogP contribution in [0.3, 0.4) is 0 Å². The highest BCUT2D eigenvalue weighted by atomic mass is 19.2. The molecule has 1 amide bonds. The van der Waals surface area contributed by atoms with Gasteiger partial charge in [-0.15, -0.1) is 6.58 Å². The zero-order chi connectivity index (χ0) is 17.6. The molecular formula is C20H24F2N2O. The molecule has 5 heteroatoms. The van der Waals surface area contributed by atoms with Crippen molar-refractivity contribution in [2.45, 2.75) is 43.7 Å². The average molecular weight is 346 g/mol. The normalized spacial score (nSPS) is 33.4. The molecule has 1 aromatic carbocycles. The number of rotatable bonds is 4. The summed E-state index contributed by atoms with van der Waals surface area (Å²) in [5, 5.41) is 0. The van der Waals surface area contributed by atoms with Gasteiger partial charge in [0.1, 0.15) is 0 Å². The maximum absolute atomic E-state index is 14.5. The van der Waals surface area contributed by atoms with Gasteiger partial charge in [0.05, 0.1) is 6.04 Å². The van der Waals surface area contributed by atoms with Crippen LogP contribution in [0.4, 0.5) is 8.78 Å². The monoisotopic (exact) mass is 346 g/mol. The standard InChI is InChI=1S/C20H24F2N2O/c1-2-3-7-17(25)24-12-15(14-5-4-6-16(21)18(14)22)20-19(24)13-8-10-23(20)11-9-13/h2,4-6,13,15,19-20H,1,3,7-12H2/t15-,19+,20+/m1/s1. The summed E-state index contributed by atoms with van der Waals surface area (Å²) >= 11 is 0. The second kappa shape index (κ2) is 6.52. The van der Waals surface area contributed by atoms with Crippen molar-refractivity contribution in [3.8, 4) is 0 Å². The van der Waals surface area contributed by atoms with Crippen molar-refractivity contribution in [1.29, 1.82) is 0 Å². The Bertz CT molecular complexity index is 684. The molecule has 25 heavy (non-hydrogen) atoms. The summed E-state index contributed by atoms with van der Waals surface area (Å²) in [5.41, 5.74) is 0.418. The van der Waals surface area contributed by atoms with Crippen LogP contribution in [0.15, 0.2) is 30.9 Å². The van der Waals surface area contributed by atoms with Crippen LogP contribution < -0.4 is 0 Å². The Kier molecular flexibility index (Phi) is 4.36. The summed E-state index contributed by atoms with van der Waals surface area (Å²) in [7, 11) is 0. The van der Waals surface area contributed by atoms with Gasteiger partial charge in [-0.2, -0.15) is 0 Å². The number of amides is 1. The van der Waals surface area contributed by atoms with E-state index in [0.29, 0.717) is 30.9 Å². The Labute approximate surface area is 147 Å². The van der Waals surface area contributed by atoms with Crippen molar-refractivity contribution >= 4 is 5.91 Å². The fourth-order valence-corrected chi connectivity index (χ4v) is 5.15. The molecule has 4 fully saturated rings. The molecule has 3 nitrogen and oxygen atoms in total. The molecule has 0 N–H and O–H groups in total. The average Bonchev–Trinajstić information content (AvgIpc) is 3.06. The SMILES string of the molecule is C=CCCC(=O)N1C[C@H](c2cccc(F)c2F)[C@H]2[C@@H]1C1CCN2CC1. The largest absolute Gasteiger partial charge is 0.337 e. The third kappa shape index (κ3) is 2.69. The number of piperidine rings is 3. The van der Waals surface area contributed by atoms with E-state index in [2.05, 4.69) is 11.5 Å². The zero-order valence-electron chi connectivity index (χ0n) is 14.3. The van der Waals surface area contributed by atoms with Crippen LogP contribution in [0.25, 0.3) is 0 Å². The second-order valence-electron chi connectivity index (χ2n) is 7.48. The molecule has 134 valence electrons. The molecule has 0 aliphatic carbocycles. The van der Waals surface area contributed by atoms with Gasteiger partial charge in [-0.1, -0.05) is 18.2 Å². The molecule has 0 unspecified atom stereocenters. The first-order valence-electron chi connectivity index (χ1n) is 9.20. The van der Waals surface area contributed by atoms with E-state index in [0.717, 1.165) is 32.0 Å². The number of fused-ring (bicyclic) bond motifs is 2. The molecule has 0 aromatic heterocycles. The van der Waals surface area contributed by atoms with Gasteiger partial charge in [0.2, 0.25) is 5.91 Å².